The normalized spacial score (nSPS) is 13.4. The fourth-order valence-corrected chi connectivity index (χ4v) is 2.56. The van der Waals surface area contributed by atoms with E-state index in [0.717, 1.165) is 5.39 Å². The highest BCUT2D eigenvalue weighted by atomic mass is 16.6. The number of carbonyl (C=O) groups is 1. The fraction of sp³-hybridized carbons (Fsp3) is 0.545. The first kappa shape index (κ1) is 22.0. The number of ether oxygens (including phenoxy) is 2. The van der Waals surface area contributed by atoms with Gasteiger partial charge in [0, 0.05) is 30.7 Å². The molecule has 1 atom stereocenters. The van der Waals surface area contributed by atoms with Crippen molar-refractivity contribution in [3.8, 4) is 5.75 Å². The van der Waals surface area contributed by atoms with Crippen LogP contribution < -0.4 is 15.6 Å². The second kappa shape index (κ2) is 8.35. The highest BCUT2D eigenvalue weighted by Gasteiger charge is 2.27. The predicted octanol–water partition coefficient (Wildman–Crippen LogP) is 3.26. The Labute approximate surface area is 166 Å². The van der Waals surface area contributed by atoms with Crippen molar-refractivity contribution >= 4 is 16.7 Å². The van der Waals surface area contributed by atoms with Crippen molar-refractivity contribution in [1.29, 1.82) is 0 Å². The first-order valence-electron chi connectivity index (χ1n) is 9.56. The van der Waals surface area contributed by atoms with Gasteiger partial charge in [-0.05, 0) is 47.6 Å². The number of nitrogens with zero attached hydrogens (tertiary/aromatic N) is 1. The molecule has 0 radical (unpaired) electrons. The summed E-state index contributed by atoms with van der Waals surface area (Å²) in [7, 11) is 1.69. The number of carbonyl (C=O) groups excluding carboxylic acids is 1. The number of esters is 1. The van der Waals surface area contributed by atoms with Crippen molar-refractivity contribution in [3.63, 3.8) is 0 Å². The third-order valence-corrected chi connectivity index (χ3v) is 4.23. The Morgan fingerprint density at radius 3 is 2.29 bits per heavy atom. The van der Waals surface area contributed by atoms with Crippen LogP contribution in [0.25, 0.3) is 10.8 Å². The number of aryl methyl sites for hydroxylation is 1. The summed E-state index contributed by atoms with van der Waals surface area (Å²) >= 11 is 0. The average molecular weight is 389 g/mol. The molecule has 2 aromatic rings. The second-order valence-corrected chi connectivity index (χ2v) is 9.17. The van der Waals surface area contributed by atoms with Gasteiger partial charge in [0.05, 0.1) is 10.8 Å². The minimum atomic E-state index is -0.594. The number of benzene rings is 1. The molecular weight excluding hydrogens is 356 g/mol. The van der Waals surface area contributed by atoms with Crippen molar-refractivity contribution in [2.24, 2.45) is 12.5 Å². The molecule has 28 heavy (non-hydrogen) atoms. The Balaban J connectivity index is 2.22. The maximum Gasteiger partial charge on any atom is 0.311 e. The van der Waals surface area contributed by atoms with Crippen LogP contribution in [0.2, 0.25) is 0 Å². The summed E-state index contributed by atoms with van der Waals surface area (Å²) in [5.74, 6) is 0.312. The third-order valence-electron chi connectivity index (χ3n) is 4.23. The Hall–Kier alpha value is -2.34. The molecule has 0 aliphatic heterocycles. The SMILES string of the molecule is Cn1cc(OCC(CNC(C)(C)C)OC(=O)C(C)(C)C)c2ccccc2c1=O. The predicted molar refractivity (Wildman–Crippen MR) is 112 cm³/mol. The van der Waals surface area contributed by atoms with E-state index in [1.165, 1.54) is 4.57 Å². The molecule has 1 unspecified atom stereocenters. The number of pyridine rings is 1. The zero-order chi connectivity index (χ0) is 21.1. The fourth-order valence-electron chi connectivity index (χ4n) is 2.56. The largest absolute Gasteiger partial charge is 0.487 e. The summed E-state index contributed by atoms with van der Waals surface area (Å²) in [6.45, 7) is 12.3. The van der Waals surface area contributed by atoms with E-state index in [9.17, 15) is 9.59 Å². The molecule has 1 heterocycles. The molecule has 1 aromatic carbocycles. The van der Waals surface area contributed by atoms with E-state index in [1.54, 1.807) is 19.3 Å². The van der Waals surface area contributed by atoms with Crippen LogP contribution in [-0.4, -0.2) is 35.3 Å². The van der Waals surface area contributed by atoms with Gasteiger partial charge in [0.25, 0.3) is 5.56 Å². The molecule has 6 heteroatoms. The molecule has 1 N–H and O–H groups in total. The molecule has 0 amide bonds. The molecule has 6 nitrogen and oxygen atoms in total. The van der Waals surface area contributed by atoms with Gasteiger partial charge >= 0.3 is 5.97 Å². The van der Waals surface area contributed by atoms with Gasteiger partial charge in [-0.15, -0.1) is 0 Å². The molecular formula is C22H32N2O4. The van der Waals surface area contributed by atoms with Crippen LogP contribution in [0.3, 0.4) is 0 Å². The molecule has 0 saturated heterocycles. The van der Waals surface area contributed by atoms with E-state index < -0.39 is 11.5 Å². The summed E-state index contributed by atoms with van der Waals surface area (Å²) in [5, 5.41) is 4.70. The van der Waals surface area contributed by atoms with Crippen molar-refractivity contribution in [2.45, 2.75) is 53.2 Å². The van der Waals surface area contributed by atoms with Crippen LogP contribution in [0.15, 0.2) is 35.3 Å². The van der Waals surface area contributed by atoms with Crippen molar-refractivity contribution in [1.82, 2.24) is 9.88 Å². The standard InChI is InChI=1S/C22H32N2O4/c1-21(2,3)20(26)28-15(12-23-22(4,5)6)14-27-18-13-24(7)19(25)17-11-9-8-10-16(17)18/h8-11,13,15,23H,12,14H2,1-7H3. The topological polar surface area (TPSA) is 69.6 Å². The number of nitrogens with one attached hydrogen (secondary N) is 1. The van der Waals surface area contributed by atoms with Gasteiger partial charge in [-0.1, -0.05) is 18.2 Å². The van der Waals surface area contributed by atoms with Gasteiger partial charge in [-0.25, -0.2) is 0 Å². The van der Waals surface area contributed by atoms with E-state index in [2.05, 4.69) is 26.1 Å². The molecule has 0 saturated carbocycles. The Morgan fingerprint density at radius 1 is 1.11 bits per heavy atom. The summed E-state index contributed by atoms with van der Waals surface area (Å²) < 4.78 is 13.2. The number of fused-ring (bicyclic) bond motifs is 1. The smallest absolute Gasteiger partial charge is 0.311 e. The van der Waals surface area contributed by atoms with Gasteiger partial charge in [0.1, 0.15) is 18.5 Å². The third kappa shape index (κ3) is 5.83. The maximum absolute atomic E-state index is 12.4. The monoisotopic (exact) mass is 388 g/mol. The lowest BCUT2D eigenvalue weighted by Gasteiger charge is -2.27. The van der Waals surface area contributed by atoms with Crippen LogP contribution in [0.1, 0.15) is 41.5 Å². The van der Waals surface area contributed by atoms with E-state index in [-0.39, 0.29) is 23.7 Å². The molecule has 0 aliphatic rings. The summed E-state index contributed by atoms with van der Waals surface area (Å²) in [5.41, 5.74) is -0.785. The van der Waals surface area contributed by atoms with Crippen molar-refractivity contribution in [2.75, 3.05) is 13.2 Å². The molecule has 1 aromatic heterocycles. The van der Waals surface area contributed by atoms with Gasteiger partial charge in [0.15, 0.2) is 0 Å². The van der Waals surface area contributed by atoms with Crippen LogP contribution in [-0.2, 0) is 16.6 Å². The van der Waals surface area contributed by atoms with Gasteiger partial charge in [0.2, 0.25) is 0 Å². The number of aromatic nitrogens is 1. The first-order valence-corrected chi connectivity index (χ1v) is 9.56. The number of rotatable bonds is 6. The van der Waals surface area contributed by atoms with E-state index >= 15 is 0 Å². The Morgan fingerprint density at radius 2 is 1.71 bits per heavy atom. The van der Waals surface area contributed by atoms with Crippen molar-refractivity contribution < 1.29 is 14.3 Å². The molecule has 0 fully saturated rings. The lowest BCUT2D eigenvalue weighted by Crippen LogP contribution is -2.45. The minimum Gasteiger partial charge on any atom is -0.487 e. The Bertz CT molecular complexity index is 888. The number of hydrogen-bond donors (Lipinski definition) is 1. The summed E-state index contributed by atoms with van der Waals surface area (Å²) in [6, 6.07) is 7.33. The van der Waals surface area contributed by atoms with E-state index in [4.69, 9.17) is 9.47 Å². The van der Waals surface area contributed by atoms with E-state index in [1.807, 2.05) is 39.0 Å². The summed E-state index contributed by atoms with van der Waals surface area (Å²) in [4.78, 5) is 24.7. The van der Waals surface area contributed by atoms with Gasteiger partial charge in [-0.3, -0.25) is 9.59 Å². The van der Waals surface area contributed by atoms with E-state index in [0.29, 0.717) is 17.7 Å². The van der Waals surface area contributed by atoms with Crippen LogP contribution in [0, 0.1) is 5.41 Å². The average Bonchev–Trinajstić information content (AvgIpc) is 2.59. The molecule has 2 rings (SSSR count). The van der Waals surface area contributed by atoms with Crippen LogP contribution >= 0.6 is 0 Å². The van der Waals surface area contributed by atoms with Crippen molar-refractivity contribution in [3.05, 3.63) is 40.8 Å². The molecule has 0 bridgehead atoms. The van der Waals surface area contributed by atoms with Gasteiger partial charge < -0.3 is 19.4 Å². The lowest BCUT2D eigenvalue weighted by molar-refractivity contribution is -0.160. The molecule has 154 valence electrons. The Kier molecular flexibility index (Phi) is 6.55. The van der Waals surface area contributed by atoms with Crippen LogP contribution in [0.5, 0.6) is 5.75 Å². The van der Waals surface area contributed by atoms with Crippen LogP contribution in [0.4, 0.5) is 0 Å². The zero-order valence-electron chi connectivity index (χ0n) is 18.0. The second-order valence-electron chi connectivity index (χ2n) is 9.17. The number of hydrogen-bond acceptors (Lipinski definition) is 5. The highest BCUT2D eigenvalue weighted by Crippen LogP contribution is 2.23. The minimum absolute atomic E-state index is 0.0759. The maximum atomic E-state index is 12.4. The lowest BCUT2D eigenvalue weighted by atomic mass is 9.97. The first-order chi connectivity index (χ1) is 12.9. The zero-order valence-corrected chi connectivity index (χ0v) is 18.0. The van der Waals surface area contributed by atoms with Gasteiger partial charge in [-0.2, -0.15) is 0 Å². The quantitative estimate of drug-likeness (QED) is 0.769. The summed E-state index contributed by atoms with van der Waals surface area (Å²) in [6.07, 6.45) is 1.21. The molecule has 0 spiro atoms. The molecule has 0 aliphatic carbocycles. The highest BCUT2D eigenvalue weighted by molar-refractivity contribution is 5.87.